The van der Waals surface area contributed by atoms with Gasteiger partial charge in [0.05, 0.1) is 23.7 Å². The summed E-state index contributed by atoms with van der Waals surface area (Å²) in [6, 6.07) is 9.21. The lowest BCUT2D eigenvalue weighted by atomic mass is 10.2. The lowest BCUT2D eigenvalue weighted by molar-refractivity contribution is -0.115. The Morgan fingerprint density at radius 2 is 2.00 bits per heavy atom. The van der Waals surface area contributed by atoms with E-state index in [2.05, 4.69) is 15.5 Å². The molecular weight excluding hydrogens is 376 g/mol. The molecule has 0 unspecified atom stereocenters. The molecule has 2 heterocycles. The summed E-state index contributed by atoms with van der Waals surface area (Å²) in [6.45, 7) is 9.01. The molecule has 7 nitrogen and oxygen atoms in total. The largest absolute Gasteiger partial charge is 0.494 e. The van der Waals surface area contributed by atoms with Crippen LogP contribution in [-0.4, -0.2) is 32.5 Å². The second-order valence-corrected chi connectivity index (χ2v) is 7.46. The molecule has 0 radical (unpaired) electrons. The molecule has 1 atom stereocenters. The highest BCUT2D eigenvalue weighted by Gasteiger charge is 2.21. The maximum Gasteiger partial charge on any atom is 0.237 e. The van der Waals surface area contributed by atoms with E-state index in [-0.39, 0.29) is 11.2 Å². The van der Waals surface area contributed by atoms with Gasteiger partial charge in [-0.2, -0.15) is 0 Å². The number of amides is 1. The summed E-state index contributed by atoms with van der Waals surface area (Å²) in [5.41, 5.74) is 1.64. The lowest BCUT2D eigenvalue weighted by Crippen LogP contribution is -2.22. The fraction of sp³-hybridized carbons (Fsp3) is 0.350. The van der Waals surface area contributed by atoms with Gasteiger partial charge in [0, 0.05) is 12.2 Å². The van der Waals surface area contributed by atoms with Crippen molar-refractivity contribution in [3.63, 3.8) is 0 Å². The van der Waals surface area contributed by atoms with Gasteiger partial charge in [0.25, 0.3) is 0 Å². The summed E-state index contributed by atoms with van der Waals surface area (Å²) in [4.78, 5) is 12.6. The Balaban J connectivity index is 1.68. The van der Waals surface area contributed by atoms with Crippen molar-refractivity contribution in [2.24, 2.45) is 0 Å². The van der Waals surface area contributed by atoms with E-state index in [1.54, 1.807) is 6.26 Å². The summed E-state index contributed by atoms with van der Waals surface area (Å²) in [7, 11) is 0. The maximum atomic E-state index is 12.6. The molecule has 1 aromatic carbocycles. The van der Waals surface area contributed by atoms with Gasteiger partial charge in [-0.25, -0.2) is 0 Å². The minimum absolute atomic E-state index is 0.0964. The SMILES string of the molecule is CCOc1ccc(NC(=O)[C@H](C)Sc2nnc(-c3ccoc3C)n2CC)cc1. The summed E-state index contributed by atoms with van der Waals surface area (Å²) >= 11 is 1.38. The van der Waals surface area contributed by atoms with Crippen molar-refractivity contribution in [2.45, 2.75) is 44.6 Å². The van der Waals surface area contributed by atoms with E-state index in [4.69, 9.17) is 9.15 Å². The third kappa shape index (κ3) is 4.39. The summed E-state index contributed by atoms with van der Waals surface area (Å²) < 4.78 is 12.8. The number of hydrogen-bond donors (Lipinski definition) is 1. The highest BCUT2D eigenvalue weighted by atomic mass is 32.2. The third-order valence-corrected chi connectivity index (χ3v) is 5.30. The quantitative estimate of drug-likeness (QED) is 0.565. The third-order valence-electron chi connectivity index (χ3n) is 4.22. The Morgan fingerprint density at radius 3 is 2.61 bits per heavy atom. The number of aromatic nitrogens is 3. The molecule has 0 aliphatic heterocycles. The Bertz CT molecular complexity index is 933. The topological polar surface area (TPSA) is 82.2 Å². The van der Waals surface area contributed by atoms with Gasteiger partial charge in [-0.05, 0) is 58.0 Å². The van der Waals surface area contributed by atoms with Crippen LogP contribution in [-0.2, 0) is 11.3 Å². The number of ether oxygens (including phenoxy) is 1. The number of nitrogens with zero attached hydrogens (tertiary/aromatic N) is 3. The molecule has 0 saturated heterocycles. The molecule has 8 heteroatoms. The molecule has 3 rings (SSSR count). The summed E-state index contributed by atoms with van der Waals surface area (Å²) in [5, 5.41) is 11.9. The molecule has 0 spiro atoms. The Hall–Kier alpha value is -2.74. The summed E-state index contributed by atoms with van der Waals surface area (Å²) in [5.74, 6) is 2.22. The normalized spacial score (nSPS) is 12.0. The van der Waals surface area contributed by atoms with E-state index in [9.17, 15) is 4.79 Å². The van der Waals surface area contributed by atoms with Crippen molar-refractivity contribution in [2.75, 3.05) is 11.9 Å². The molecular formula is C20H24N4O3S. The highest BCUT2D eigenvalue weighted by Crippen LogP contribution is 2.29. The average molecular weight is 401 g/mol. The molecule has 0 saturated carbocycles. The predicted molar refractivity (Wildman–Crippen MR) is 110 cm³/mol. The Morgan fingerprint density at radius 1 is 1.25 bits per heavy atom. The van der Waals surface area contributed by atoms with Crippen molar-refractivity contribution in [3.05, 3.63) is 42.4 Å². The lowest BCUT2D eigenvalue weighted by Gasteiger charge is -2.13. The highest BCUT2D eigenvalue weighted by molar-refractivity contribution is 8.00. The number of furan rings is 1. The van der Waals surface area contributed by atoms with Crippen LogP contribution in [0.15, 0.2) is 46.2 Å². The van der Waals surface area contributed by atoms with Crippen molar-refractivity contribution < 1.29 is 13.9 Å². The van der Waals surface area contributed by atoms with Gasteiger partial charge >= 0.3 is 0 Å². The minimum Gasteiger partial charge on any atom is -0.494 e. The average Bonchev–Trinajstić information content (AvgIpc) is 3.28. The molecule has 0 bridgehead atoms. The molecule has 0 aliphatic carbocycles. The van der Waals surface area contributed by atoms with Crippen molar-refractivity contribution in [3.8, 4) is 17.1 Å². The Kier molecular flexibility index (Phi) is 6.41. The molecule has 0 aliphatic rings. The van der Waals surface area contributed by atoms with Gasteiger partial charge in [-0.15, -0.1) is 10.2 Å². The van der Waals surface area contributed by atoms with Crippen LogP contribution in [0.2, 0.25) is 0 Å². The van der Waals surface area contributed by atoms with Crippen LogP contribution >= 0.6 is 11.8 Å². The number of carbonyl (C=O) groups is 1. The van der Waals surface area contributed by atoms with Gasteiger partial charge in [0.1, 0.15) is 11.5 Å². The van der Waals surface area contributed by atoms with Gasteiger partial charge < -0.3 is 19.0 Å². The number of nitrogens with one attached hydrogen (secondary N) is 1. The van der Waals surface area contributed by atoms with Crippen LogP contribution in [0.25, 0.3) is 11.4 Å². The van der Waals surface area contributed by atoms with E-state index >= 15 is 0 Å². The maximum absolute atomic E-state index is 12.6. The van der Waals surface area contributed by atoms with Crippen LogP contribution < -0.4 is 10.1 Å². The smallest absolute Gasteiger partial charge is 0.237 e. The number of aryl methyl sites for hydroxylation is 1. The Labute approximate surface area is 168 Å². The zero-order chi connectivity index (χ0) is 20.1. The zero-order valence-corrected chi connectivity index (χ0v) is 17.2. The number of anilines is 1. The second-order valence-electron chi connectivity index (χ2n) is 6.15. The second kappa shape index (κ2) is 8.97. The van der Waals surface area contributed by atoms with Crippen LogP contribution in [0.1, 0.15) is 26.5 Å². The number of carbonyl (C=O) groups excluding carboxylic acids is 1. The van der Waals surface area contributed by atoms with E-state index in [0.717, 1.165) is 28.6 Å². The van der Waals surface area contributed by atoms with Crippen LogP contribution in [0, 0.1) is 6.92 Å². The summed E-state index contributed by atoms with van der Waals surface area (Å²) in [6.07, 6.45) is 1.64. The standard InChI is InChI=1S/C20H24N4O3S/c1-5-24-18(17-11-12-27-13(17)3)22-23-20(24)28-14(4)19(25)21-15-7-9-16(10-8-15)26-6-2/h7-12,14H,5-6H2,1-4H3,(H,21,25)/t14-/m0/s1. The monoisotopic (exact) mass is 400 g/mol. The van der Waals surface area contributed by atoms with E-state index < -0.39 is 0 Å². The molecule has 148 valence electrons. The number of rotatable bonds is 8. The number of thioether (sulfide) groups is 1. The van der Waals surface area contributed by atoms with Gasteiger partial charge in [0.2, 0.25) is 5.91 Å². The fourth-order valence-electron chi connectivity index (χ4n) is 2.73. The van der Waals surface area contributed by atoms with Crippen LogP contribution in [0.3, 0.4) is 0 Å². The molecule has 28 heavy (non-hydrogen) atoms. The first-order valence-electron chi connectivity index (χ1n) is 9.21. The molecule has 1 N–H and O–H groups in total. The van der Waals surface area contributed by atoms with E-state index in [1.807, 2.05) is 62.6 Å². The molecule has 0 fully saturated rings. The number of benzene rings is 1. The van der Waals surface area contributed by atoms with E-state index in [1.165, 1.54) is 11.8 Å². The van der Waals surface area contributed by atoms with Crippen molar-refractivity contribution in [1.29, 1.82) is 0 Å². The number of hydrogen-bond acceptors (Lipinski definition) is 6. The van der Waals surface area contributed by atoms with Gasteiger partial charge in [-0.3, -0.25) is 4.79 Å². The van der Waals surface area contributed by atoms with Gasteiger partial charge in [-0.1, -0.05) is 11.8 Å². The first kappa shape index (κ1) is 20.0. The zero-order valence-electron chi connectivity index (χ0n) is 16.4. The van der Waals surface area contributed by atoms with Crippen molar-refractivity contribution >= 4 is 23.4 Å². The minimum atomic E-state index is -0.334. The predicted octanol–water partition coefficient (Wildman–Crippen LogP) is 4.38. The molecule has 3 aromatic rings. The van der Waals surface area contributed by atoms with Crippen LogP contribution in [0.4, 0.5) is 5.69 Å². The van der Waals surface area contributed by atoms with Crippen molar-refractivity contribution in [1.82, 2.24) is 14.8 Å². The molecule has 1 amide bonds. The van der Waals surface area contributed by atoms with E-state index in [0.29, 0.717) is 18.3 Å². The molecule has 2 aromatic heterocycles. The fourth-order valence-corrected chi connectivity index (χ4v) is 3.65. The first-order chi connectivity index (χ1) is 13.5. The van der Waals surface area contributed by atoms with Gasteiger partial charge in [0.15, 0.2) is 11.0 Å². The van der Waals surface area contributed by atoms with Crippen LogP contribution in [0.5, 0.6) is 5.75 Å². The first-order valence-corrected chi connectivity index (χ1v) is 10.1.